The summed E-state index contributed by atoms with van der Waals surface area (Å²) in [6.07, 6.45) is 0. The Kier molecular flexibility index (Phi) is 4.24. The Balaban J connectivity index is 1.72. The van der Waals surface area contributed by atoms with E-state index < -0.39 is 0 Å². The minimum absolute atomic E-state index is 0.0361. The minimum atomic E-state index is -0.206. The van der Waals surface area contributed by atoms with Crippen molar-refractivity contribution in [1.29, 1.82) is 0 Å². The average Bonchev–Trinajstić information content (AvgIpc) is 2.54. The predicted molar refractivity (Wildman–Crippen MR) is 91.8 cm³/mol. The third kappa shape index (κ3) is 3.66. The average molecular weight is 306 g/mol. The van der Waals surface area contributed by atoms with Crippen LogP contribution in [0.1, 0.15) is 11.3 Å². The number of hydrogen-bond acceptors (Lipinski definition) is 3. The van der Waals surface area contributed by atoms with E-state index in [9.17, 15) is 4.79 Å². The second kappa shape index (κ2) is 6.48. The molecule has 4 nitrogen and oxygen atoms in total. The molecule has 1 amide bonds. The van der Waals surface area contributed by atoms with Crippen molar-refractivity contribution in [3.05, 3.63) is 65.9 Å². The Morgan fingerprint density at radius 2 is 1.91 bits per heavy atom. The highest BCUT2D eigenvalue weighted by Crippen LogP contribution is 2.21. The van der Waals surface area contributed by atoms with Gasteiger partial charge in [-0.2, -0.15) is 0 Å². The quantitative estimate of drug-likeness (QED) is 0.796. The molecule has 0 bridgehead atoms. The summed E-state index contributed by atoms with van der Waals surface area (Å²) in [7, 11) is 0. The fourth-order valence-electron chi connectivity index (χ4n) is 2.39. The van der Waals surface area contributed by atoms with Crippen molar-refractivity contribution >= 4 is 22.5 Å². The second-order valence-electron chi connectivity index (χ2n) is 5.48. The molecule has 1 N–H and O–H groups in total. The van der Waals surface area contributed by atoms with E-state index in [0.717, 1.165) is 22.2 Å². The van der Waals surface area contributed by atoms with Gasteiger partial charge in [0.1, 0.15) is 5.75 Å². The van der Waals surface area contributed by atoms with E-state index in [1.165, 1.54) is 0 Å². The Morgan fingerprint density at radius 3 is 2.74 bits per heavy atom. The van der Waals surface area contributed by atoms with Crippen LogP contribution in [0, 0.1) is 13.8 Å². The molecule has 0 unspecified atom stereocenters. The SMILES string of the molecule is Cc1cccc(OCC(=O)Nc2cccc3ccc(C)nc23)c1. The van der Waals surface area contributed by atoms with E-state index in [-0.39, 0.29) is 12.5 Å². The molecule has 3 aromatic rings. The van der Waals surface area contributed by atoms with Crippen molar-refractivity contribution in [1.82, 2.24) is 4.98 Å². The van der Waals surface area contributed by atoms with Crippen LogP contribution in [0.4, 0.5) is 5.69 Å². The van der Waals surface area contributed by atoms with E-state index in [4.69, 9.17) is 4.74 Å². The number of nitrogens with one attached hydrogen (secondary N) is 1. The highest BCUT2D eigenvalue weighted by Gasteiger charge is 2.08. The number of carbonyl (C=O) groups excluding carboxylic acids is 1. The van der Waals surface area contributed by atoms with Crippen molar-refractivity contribution in [2.75, 3.05) is 11.9 Å². The van der Waals surface area contributed by atoms with Gasteiger partial charge < -0.3 is 10.1 Å². The molecule has 1 aromatic heterocycles. The number of benzene rings is 2. The number of aromatic nitrogens is 1. The van der Waals surface area contributed by atoms with Crippen LogP contribution >= 0.6 is 0 Å². The van der Waals surface area contributed by atoms with Gasteiger partial charge in [-0.25, -0.2) is 0 Å². The molecule has 0 spiro atoms. The number of fused-ring (bicyclic) bond motifs is 1. The van der Waals surface area contributed by atoms with Crippen LogP contribution in [0.15, 0.2) is 54.6 Å². The van der Waals surface area contributed by atoms with Crippen LogP contribution in [0.5, 0.6) is 5.75 Å². The van der Waals surface area contributed by atoms with Crippen molar-refractivity contribution in [2.45, 2.75) is 13.8 Å². The first-order valence-electron chi connectivity index (χ1n) is 7.47. The topological polar surface area (TPSA) is 51.2 Å². The molecule has 1 heterocycles. The predicted octanol–water partition coefficient (Wildman–Crippen LogP) is 3.87. The van der Waals surface area contributed by atoms with Crippen LogP contribution in [0.3, 0.4) is 0 Å². The van der Waals surface area contributed by atoms with Gasteiger partial charge >= 0.3 is 0 Å². The highest BCUT2D eigenvalue weighted by atomic mass is 16.5. The van der Waals surface area contributed by atoms with Crippen molar-refractivity contribution < 1.29 is 9.53 Å². The van der Waals surface area contributed by atoms with Crippen molar-refractivity contribution in [3.8, 4) is 5.75 Å². The zero-order valence-electron chi connectivity index (χ0n) is 13.2. The maximum Gasteiger partial charge on any atom is 0.262 e. The third-order valence-corrected chi connectivity index (χ3v) is 3.49. The number of hydrogen-bond donors (Lipinski definition) is 1. The molecule has 0 saturated heterocycles. The van der Waals surface area contributed by atoms with E-state index in [1.807, 2.05) is 68.4 Å². The summed E-state index contributed by atoms with van der Waals surface area (Å²) in [4.78, 5) is 16.6. The molecule has 116 valence electrons. The minimum Gasteiger partial charge on any atom is -0.484 e. The second-order valence-corrected chi connectivity index (χ2v) is 5.48. The van der Waals surface area contributed by atoms with Gasteiger partial charge in [0.2, 0.25) is 0 Å². The summed E-state index contributed by atoms with van der Waals surface area (Å²) in [6.45, 7) is 3.88. The van der Waals surface area contributed by atoms with Crippen LogP contribution in [-0.4, -0.2) is 17.5 Å². The zero-order valence-corrected chi connectivity index (χ0v) is 13.2. The molecule has 0 atom stereocenters. The third-order valence-electron chi connectivity index (χ3n) is 3.49. The molecule has 0 fully saturated rings. The number of anilines is 1. The van der Waals surface area contributed by atoms with Crippen LogP contribution in [0.2, 0.25) is 0 Å². The molecular weight excluding hydrogens is 288 g/mol. The number of aryl methyl sites for hydroxylation is 2. The number of nitrogens with zero attached hydrogens (tertiary/aromatic N) is 1. The maximum absolute atomic E-state index is 12.1. The number of rotatable bonds is 4. The van der Waals surface area contributed by atoms with E-state index in [0.29, 0.717) is 11.4 Å². The summed E-state index contributed by atoms with van der Waals surface area (Å²) in [6, 6.07) is 17.3. The molecule has 0 saturated carbocycles. The fraction of sp³-hybridized carbons (Fsp3) is 0.158. The Morgan fingerprint density at radius 1 is 1.09 bits per heavy atom. The summed E-state index contributed by atoms with van der Waals surface area (Å²) in [5, 5.41) is 3.86. The number of ether oxygens (including phenoxy) is 1. The van der Waals surface area contributed by atoms with Gasteiger partial charge in [-0.1, -0.05) is 30.3 Å². The lowest BCUT2D eigenvalue weighted by molar-refractivity contribution is -0.118. The van der Waals surface area contributed by atoms with Gasteiger partial charge in [-0.05, 0) is 43.7 Å². The lowest BCUT2D eigenvalue weighted by Gasteiger charge is -2.10. The van der Waals surface area contributed by atoms with Gasteiger partial charge in [0, 0.05) is 11.1 Å². The van der Waals surface area contributed by atoms with E-state index >= 15 is 0 Å². The number of para-hydroxylation sites is 1. The first-order chi connectivity index (χ1) is 11.1. The van der Waals surface area contributed by atoms with Gasteiger partial charge in [0.05, 0.1) is 11.2 Å². The van der Waals surface area contributed by atoms with Crippen molar-refractivity contribution in [2.24, 2.45) is 0 Å². The molecule has 2 aromatic carbocycles. The lowest BCUT2D eigenvalue weighted by atomic mass is 10.1. The maximum atomic E-state index is 12.1. The first-order valence-corrected chi connectivity index (χ1v) is 7.47. The molecule has 0 radical (unpaired) electrons. The van der Waals surface area contributed by atoms with Crippen LogP contribution in [0.25, 0.3) is 10.9 Å². The molecule has 0 aliphatic heterocycles. The molecule has 0 aliphatic carbocycles. The molecule has 3 rings (SSSR count). The van der Waals surface area contributed by atoms with E-state index in [2.05, 4.69) is 10.3 Å². The zero-order chi connectivity index (χ0) is 16.2. The standard InChI is InChI=1S/C19H18N2O2/c1-13-5-3-7-16(11-13)23-12-18(22)21-17-8-4-6-15-10-9-14(2)20-19(15)17/h3-11H,12H2,1-2H3,(H,21,22). The Labute approximate surface area is 135 Å². The van der Waals surface area contributed by atoms with Crippen LogP contribution in [-0.2, 0) is 4.79 Å². The number of pyridine rings is 1. The first kappa shape index (κ1) is 15.0. The summed E-state index contributed by atoms with van der Waals surface area (Å²) >= 11 is 0. The summed E-state index contributed by atoms with van der Waals surface area (Å²) in [5.74, 6) is 0.481. The van der Waals surface area contributed by atoms with Gasteiger partial charge in [-0.3, -0.25) is 9.78 Å². The van der Waals surface area contributed by atoms with Crippen LogP contribution < -0.4 is 10.1 Å². The molecule has 4 heteroatoms. The van der Waals surface area contributed by atoms with Gasteiger partial charge in [0.15, 0.2) is 6.61 Å². The summed E-state index contributed by atoms with van der Waals surface area (Å²) < 4.78 is 5.52. The van der Waals surface area contributed by atoms with Crippen molar-refractivity contribution in [3.63, 3.8) is 0 Å². The highest BCUT2D eigenvalue weighted by molar-refractivity contribution is 6.00. The lowest BCUT2D eigenvalue weighted by Crippen LogP contribution is -2.20. The fourth-order valence-corrected chi connectivity index (χ4v) is 2.39. The monoisotopic (exact) mass is 306 g/mol. The van der Waals surface area contributed by atoms with Gasteiger partial charge in [-0.15, -0.1) is 0 Å². The Bertz CT molecular complexity index is 859. The number of carbonyl (C=O) groups is 1. The Hall–Kier alpha value is -2.88. The largest absolute Gasteiger partial charge is 0.484 e. The van der Waals surface area contributed by atoms with Gasteiger partial charge in [0.25, 0.3) is 5.91 Å². The van der Waals surface area contributed by atoms with E-state index in [1.54, 1.807) is 0 Å². The summed E-state index contributed by atoms with van der Waals surface area (Å²) in [5.41, 5.74) is 3.49. The molecule has 0 aliphatic rings. The molecule has 23 heavy (non-hydrogen) atoms. The number of amides is 1. The normalized spacial score (nSPS) is 10.5. The smallest absolute Gasteiger partial charge is 0.262 e. The molecular formula is C19H18N2O2.